The number of carbonyl (C=O) groups excluding carboxylic acids is 1. The normalized spacial score (nSPS) is 11.1. The summed E-state index contributed by atoms with van der Waals surface area (Å²) >= 11 is 1.13. The van der Waals surface area contributed by atoms with E-state index in [1.54, 1.807) is 6.07 Å². The molecule has 0 bridgehead atoms. The number of nitrogens with zero attached hydrogens (tertiary/aromatic N) is 1. The number of hydrogen-bond acceptors (Lipinski definition) is 6. The third kappa shape index (κ3) is 5.97. The van der Waals surface area contributed by atoms with E-state index in [1.807, 2.05) is 0 Å². The molecule has 0 atom stereocenters. The van der Waals surface area contributed by atoms with Gasteiger partial charge in [-0.1, -0.05) is 18.2 Å². The van der Waals surface area contributed by atoms with E-state index in [0.29, 0.717) is 10.4 Å². The molecule has 7 nitrogen and oxygen atoms in total. The molecule has 0 aliphatic rings. The summed E-state index contributed by atoms with van der Waals surface area (Å²) in [4.78, 5) is 28.0. The minimum Gasteiger partial charge on any atom is -0.493 e. The van der Waals surface area contributed by atoms with Gasteiger partial charge in [-0.2, -0.15) is 13.2 Å². The molecule has 3 rings (SSSR count). The van der Waals surface area contributed by atoms with Crippen LogP contribution in [-0.4, -0.2) is 35.7 Å². The van der Waals surface area contributed by atoms with E-state index >= 15 is 0 Å². The van der Waals surface area contributed by atoms with Crippen molar-refractivity contribution in [3.05, 3.63) is 70.2 Å². The highest BCUT2D eigenvalue weighted by molar-refractivity contribution is 7.15. The van der Waals surface area contributed by atoms with E-state index in [9.17, 15) is 22.8 Å². The van der Waals surface area contributed by atoms with E-state index < -0.39 is 30.2 Å². The van der Waals surface area contributed by atoms with Gasteiger partial charge in [0.1, 0.15) is 0 Å². The van der Waals surface area contributed by atoms with Crippen LogP contribution in [0, 0.1) is 0 Å². The van der Waals surface area contributed by atoms with Crippen LogP contribution in [0.4, 0.5) is 18.3 Å². The van der Waals surface area contributed by atoms with E-state index in [-0.39, 0.29) is 28.6 Å². The highest BCUT2D eigenvalue weighted by atomic mass is 32.1. The minimum absolute atomic E-state index is 0.0897. The lowest BCUT2D eigenvalue weighted by atomic mass is 10.1. The van der Waals surface area contributed by atoms with Crippen LogP contribution in [-0.2, 0) is 17.4 Å². The molecule has 0 saturated carbocycles. The number of thiazole rings is 1. The lowest BCUT2D eigenvalue weighted by Gasteiger charge is -2.10. The molecule has 0 saturated heterocycles. The Hall–Kier alpha value is -3.60. The zero-order valence-corrected chi connectivity index (χ0v) is 17.4. The highest BCUT2D eigenvalue weighted by Gasteiger charge is 2.30. The second-order valence-corrected chi connectivity index (χ2v) is 7.62. The SMILES string of the molecule is COc1ccc(C(=O)Nc2ncc(Cc3cccc(C(F)(F)F)c3)s2)cc1OCC(=O)O. The largest absolute Gasteiger partial charge is 0.493 e. The number of alkyl halides is 3. The molecule has 0 aliphatic carbocycles. The van der Waals surface area contributed by atoms with Crippen molar-refractivity contribution in [2.75, 3.05) is 19.0 Å². The van der Waals surface area contributed by atoms with Crippen molar-refractivity contribution >= 4 is 28.3 Å². The van der Waals surface area contributed by atoms with Crippen LogP contribution in [0.1, 0.15) is 26.4 Å². The number of carbonyl (C=O) groups is 2. The molecule has 3 aromatic rings. The van der Waals surface area contributed by atoms with Crippen LogP contribution in [0.3, 0.4) is 0 Å². The van der Waals surface area contributed by atoms with E-state index in [0.717, 1.165) is 23.5 Å². The first kappa shape index (κ1) is 23.1. The monoisotopic (exact) mass is 466 g/mol. The Morgan fingerprint density at radius 2 is 1.94 bits per heavy atom. The number of benzene rings is 2. The van der Waals surface area contributed by atoms with Crippen LogP contribution in [0.25, 0.3) is 0 Å². The lowest BCUT2D eigenvalue weighted by Crippen LogP contribution is -2.13. The molecule has 168 valence electrons. The predicted molar refractivity (Wildman–Crippen MR) is 110 cm³/mol. The van der Waals surface area contributed by atoms with Crippen molar-refractivity contribution in [2.24, 2.45) is 0 Å². The van der Waals surface area contributed by atoms with Gasteiger partial charge in [-0.05, 0) is 29.8 Å². The number of amides is 1. The molecular weight excluding hydrogens is 449 g/mol. The number of nitrogens with one attached hydrogen (secondary N) is 1. The summed E-state index contributed by atoms with van der Waals surface area (Å²) in [5.41, 5.74) is -0.0778. The first-order valence-corrected chi connectivity index (χ1v) is 9.92. The Balaban J connectivity index is 1.69. The minimum atomic E-state index is -4.42. The molecule has 1 aromatic heterocycles. The Morgan fingerprint density at radius 3 is 2.62 bits per heavy atom. The van der Waals surface area contributed by atoms with Gasteiger partial charge in [0.25, 0.3) is 5.91 Å². The second kappa shape index (κ2) is 9.69. The van der Waals surface area contributed by atoms with Crippen molar-refractivity contribution in [3.63, 3.8) is 0 Å². The Morgan fingerprint density at radius 1 is 1.16 bits per heavy atom. The van der Waals surface area contributed by atoms with Crippen LogP contribution in [0.2, 0.25) is 0 Å². The summed E-state index contributed by atoms with van der Waals surface area (Å²) in [7, 11) is 1.38. The number of ether oxygens (including phenoxy) is 2. The molecular formula is C21H17F3N2O5S. The number of halogens is 3. The van der Waals surface area contributed by atoms with Gasteiger partial charge in [0.05, 0.1) is 12.7 Å². The summed E-state index contributed by atoms with van der Waals surface area (Å²) in [6, 6.07) is 9.29. The molecule has 0 aliphatic heterocycles. The third-order valence-electron chi connectivity index (χ3n) is 4.18. The molecule has 0 spiro atoms. The first-order valence-electron chi connectivity index (χ1n) is 9.10. The maximum atomic E-state index is 12.9. The number of aromatic nitrogens is 1. The number of rotatable bonds is 8. The lowest BCUT2D eigenvalue weighted by molar-refractivity contribution is -0.139. The molecule has 0 fully saturated rings. The summed E-state index contributed by atoms with van der Waals surface area (Å²) in [6.45, 7) is -0.604. The van der Waals surface area contributed by atoms with Gasteiger partial charge in [-0.25, -0.2) is 9.78 Å². The highest BCUT2D eigenvalue weighted by Crippen LogP contribution is 2.31. The van der Waals surface area contributed by atoms with Crippen LogP contribution >= 0.6 is 11.3 Å². The Labute approximate surface area is 184 Å². The third-order valence-corrected chi connectivity index (χ3v) is 5.10. The number of methoxy groups -OCH3 is 1. The van der Waals surface area contributed by atoms with Gasteiger partial charge in [0.2, 0.25) is 0 Å². The standard InChI is InChI=1S/C21H17F3N2O5S/c1-30-16-6-5-13(9-17(16)31-11-18(27)28)19(29)26-20-25-10-15(32-20)8-12-3-2-4-14(7-12)21(22,23)24/h2-7,9-10H,8,11H2,1H3,(H,27,28)(H,25,26,29). The van der Waals surface area contributed by atoms with E-state index in [4.69, 9.17) is 14.6 Å². The zero-order valence-electron chi connectivity index (χ0n) is 16.6. The predicted octanol–water partition coefficient (Wildman–Crippen LogP) is 4.48. The van der Waals surface area contributed by atoms with Gasteiger partial charge < -0.3 is 14.6 Å². The molecule has 1 amide bonds. The number of carboxylic acid groups (broad SMARTS) is 1. The number of hydrogen-bond donors (Lipinski definition) is 2. The Bertz CT molecular complexity index is 1130. The second-order valence-electron chi connectivity index (χ2n) is 6.51. The molecule has 2 aromatic carbocycles. The summed E-state index contributed by atoms with van der Waals surface area (Å²) in [5.74, 6) is -1.35. The maximum Gasteiger partial charge on any atom is 0.416 e. The fourth-order valence-electron chi connectivity index (χ4n) is 2.75. The van der Waals surface area contributed by atoms with Crippen molar-refractivity contribution < 1.29 is 37.3 Å². The van der Waals surface area contributed by atoms with Gasteiger partial charge in [-0.3, -0.25) is 10.1 Å². The fourth-order valence-corrected chi connectivity index (χ4v) is 3.59. The average molecular weight is 466 g/mol. The molecule has 2 N–H and O–H groups in total. The van der Waals surface area contributed by atoms with Gasteiger partial charge >= 0.3 is 12.1 Å². The van der Waals surface area contributed by atoms with E-state index in [2.05, 4.69) is 10.3 Å². The topological polar surface area (TPSA) is 97.8 Å². The van der Waals surface area contributed by atoms with Crippen molar-refractivity contribution in [2.45, 2.75) is 12.6 Å². The van der Waals surface area contributed by atoms with Crippen molar-refractivity contribution in [1.82, 2.24) is 4.98 Å². The molecule has 0 unspecified atom stereocenters. The Kier molecular flexibility index (Phi) is 6.98. The van der Waals surface area contributed by atoms with Crippen LogP contribution in [0.15, 0.2) is 48.7 Å². The van der Waals surface area contributed by atoms with Gasteiger partial charge in [0.15, 0.2) is 23.2 Å². The summed E-state index contributed by atoms with van der Waals surface area (Å²) in [6.07, 6.45) is -2.71. The molecule has 1 heterocycles. The number of carboxylic acids is 1. The summed E-state index contributed by atoms with van der Waals surface area (Å²) in [5, 5.41) is 11.6. The molecule has 0 radical (unpaired) electrons. The maximum absolute atomic E-state index is 12.9. The smallest absolute Gasteiger partial charge is 0.416 e. The number of anilines is 1. The molecule has 32 heavy (non-hydrogen) atoms. The quantitative estimate of drug-likeness (QED) is 0.508. The van der Waals surface area contributed by atoms with Gasteiger partial charge in [0, 0.05) is 23.1 Å². The fraction of sp³-hybridized carbons (Fsp3) is 0.190. The van der Waals surface area contributed by atoms with Crippen molar-refractivity contribution in [1.29, 1.82) is 0 Å². The molecule has 11 heteroatoms. The summed E-state index contributed by atoms with van der Waals surface area (Å²) < 4.78 is 48.9. The zero-order chi connectivity index (χ0) is 23.3. The van der Waals surface area contributed by atoms with Gasteiger partial charge in [-0.15, -0.1) is 11.3 Å². The first-order chi connectivity index (χ1) is 15.2. The number of aliphatic carboxylic acids is 1. The van der Waals surface area contributed by atoms with Crippen molar-refractivity contribution in [3.8, 4) is 11.5 Å². The van der Waals surface area contributed by atoms with Crippen LogP contribution < -0.4 is 14.8 Å². The average Bonchev–Trinajstić information content (AvgIpc) is 3.18. The van der Waals surface area contributed by atoms with E-state index in [1.165, 1.54) is 37.6 Å². The van der Waals surface area contributed by atoms with Crippen LogP contribution in [0.5, 0.6) is 11.5 Å².